The molecule has 0 aromatic carbocycles. The van der Waals surface area contributed by atoms with E-state index in [4.69, 9.17) is 0 Å². The summed E-state index contributed by atoms with van der Waals surface area (Å²) >= 11 is 0. The van der Waals surface area contributed by atoms with Crippen molar-refractivity contribution in [1.82, 2.24) is 0 Å². The van der Waals surface area contributed by atoms with Gasteiger partial charge in [0, 0.05) is 0 Å². The number of halogens is 1. The van der Waals surface area contributed by atoms with Crippen LogP contribution in [0.2, 0.25) is 0 Å². The fraction of sp³-hybridized carbons (Fsp3) is 0.733. The molecule has 0 aromatic rings. The van der Waals surface area contributed by atoms with Crippen molar-refractivity contribution in [3.63, 3.8) is 0 Å². The van der Waals surface area contributed by atoms with E-state index in [0.717, 1.165) is 32.1 Å². The molecule has 0 spiro atoms. The Labute approximate surface area is 138 Å². The molecule has 0 saturated heterocycles. The third-order valence-corrected chi connectivity index (χ3v) is 4.76. The summed E-state index contributed by atoms with van der Waals surface area (Å²) in [7, 11) is 0. The van der Waals surface area contributed by atoms with E-state index >= 15 is 0 Å². The second kappa shape index (κ2) is 7.31. The molecule has 1 unspecified atom stereocenters. The Morgan fingerprint density at radius 1 is 1.17 bits per heavy atom. The average Bonchev–Trinajstić information content (AvgIpc) is 2.86. The van der Waals surface area contributed by atoms with E-state index in [1.165, 1.54) is 31.3 Å². The Kier molecular flexibility index (Phi) is 7.50. The smallest absolute Gasteiger partial charge is 1.00 e. The minimum Gasteiger partial charge on any atom is -1.00 e. The van der Waals surface area contributed by atoms with Crippen molar-refractivity contribution in [1.29, 1.82) is 5.26 Å². The maximum absolute atomic E-state index is 9.35. The third kappa shape index (κ3) is 3.74. The van der Waals surface area contributed by atoms with Gasteiger partial charge >= 0.3 is 23.1 Å². The van der Waals surface area contributed by atoms with Crippen LogP contribution in [-0.4, -0.2) is 23.1 Å². The SMILES string of the molecule is C=C1CCCC1([CH2-])CCC1(C#N)CCCC1.[Br-].[Mg+2]. The standard InChI is InChI=1S/C15H22N.BrH.Mg/c1-13-6-5-7-14(13,2)10-11-15(12-16)8-3-4-9-15;;/h1-11H2;1H;/q-1;;+2/p-1. The summed E-state index contributed by atoms with van der Waals surface area (Å²) in [6.07, 6.45) is 10.3. The first-order chi connectivity index (χ1) is 7.60. The van der Waals surface area contributed by atoms with E-state index in [2.05, 4.69) is 19.6 Å². The van der Waals surface area contributed by atoms with Gasteiger partial charge in [0.15, 0.2) is 0 Å². The first-order valence-corrected chi connectivity index (χ1v) is 6.55. The molecule has 1 atom stereocenters. The quantitative estimate of drug-likeness (QED) is 0.433. The van der Waals surface area contributed by atoms with Crippen molar-refractivity contribution in [2.24, 2.45) is 10.8 Å². The molecule has 0 amide bonds. The van der Waals surface area contributed by atoms with Crippen LogP contribution in [0.3, 0.4) is 0 Å². The minimum absolute atomic E-state index is 0. The Bertz CT molecular complexity index is 328. The van der Waals surface area contributed by atoms with Crippen LogP contribution in [0.25, 0.3) is 0 Å². The van der Waals surface area contributed by atoms with Crippen LogP contribution in [0.1, 0.15) is 57.8 Å². The summed E-state index contributed by atoms with van der Waals surface area (Å²) in [5, 5.41) is 9.35. The van der Waals surface area contributed by atoms with E-state index in [9.17, 15) is 5.26 Å². The molecular formula is C15H22BrMgN. The van der Waals surface area contributed by atoms with Gasteiger partial charge in [0.05, 0.1) is 11.5 Å². The van der Waals surface area contributed by atoms with E-state index < -0.39 is 0 Å². The summed E-state index contributed by atoms with van der Waals surface area (Å²) in [5.41, 5.74) is 1.39. The second-order valence-electron chi connectivity index (χ2n) is 5.84. The number of nitrogens with zero attached hydrogens (tertiary/aromatic N) is 1. The number of hydrogen-bond donors (Lipinski definition) is 0. The Morgan fingerprint density at radius 2 is 1.78 bits per heavy atom. The number of nitriles is 1. The van der Waals surface area contributed by atoms with Gasteiger partial charge in [0.1, 0.15) is 0 Å². The van der Waals surface area contributed by atoms with Crippen molar-refractivity contribution < 1.29 is 17.0 Å². The molecule has 2 fully saturated rings. The Hall–Kier alpha value is 0.476. The molecule has 0 heterocycles. The molecule has 0 bridgehead atoms. The summed E-state index contributed by atoms with van der Waals surface area (Å²) < 4.78 is 0. The molecule has 0 aliphatic heterocycles. The first kappa shape index (κ1) is 18.5. The van der Waals surface area contributed by atoms with E-state index in [1.807, 2.05) is 0 Å². The normalized spacial score (nSPS) is 29.2. The monoisotopic (exact) mass is 319 g/mol. The van der Waals surface area contributed by atoms with Crippen molar-refractivity contribution in [3.8, 4) is 6.07 Å². The summed E-state index contributed by atoms with van der Waals surface area (Å²) in [4.78, 5) is 0. The van der Waals surface area contributed by atoms with Crippen LogP contribution in [0.4, 0.5) is 0 Å². The van der Waals surface area contributed by atoms with Crippen LogP contribution in [0, 0.1) is 29.1 Å². The zero-order valence-electron chi connectivity index (χ0n) is 11.3. The topological polar surface area (TPSA) is 23.8 Å². The number of allylic oxidation sites excluding steroid dienone is 1. The van der Waals surface area contributed by atoms with Gasteiger partial charge in [-0.3, -0.25) is 0 Å². The Morgan fingerprint density at radius 3 is 2.22 bits per heavy atom. The van der Waals surface area contributed by atoms with Gasteiger partial charge in [0.2, 0.25) is 0 Å². The summed E-state index contributed by atoms with van der Waals surface area (Å²) in [6.45, 7) is 8.52. The second-order valence-corrected chi connectivity index (χ2v) is 5.84. The molecule has 0 aromatic heterocycles. The Balaban J connectivity index is 0.00000144. The number of rotatable bonds is 3. The van der Waals surface area contributed by atoms with Gasteiger partial charge in [-0.25, -0.2) is 0 Å². The van der Waals surface area contributed by atoms with Gasteiger partial charge in [-0.2, -0.15) is 5.26 Å². The van der Waals surface area contributed by atoms with Crippen LogP contribution in [-0.2, 0) is 0 Å². The molecule has 96 valence electrons. The molecule has 18 heavy (non-hydrogen) atoms. The van der Waals surface area contributed by atoms with Gasteiger partial charge < -0.3 is 23.9 Å². The third-order valence-electron chi connectivity index (χ3n) is 4.76. The fourth-order valence-electron chi connectivity index (χ4n) is 3.33. The van der Waals surface area contributed by atoms with Gasteiger partial charge in [-0.1, -0.05) is 32.1 Å². The molecule has 0 radical (unpaired) electrons. The van der Waals surface area contributed by atoms with E-state index in [1.54, 1.807) is 0 Å². The van der Waals surface area contributed by atoms with Gasteiger partial charge in [-0.05, 0) is 25.7 Å². The summed E-state index contributed by atoms with van der Waals surface area (Å²) in [6, 6.07) is 2.58. The summed E-state index contributed by atoms with van der Waals surface area (Å²) in [5.74, 6) is 0. The molecule has 1 nitrogen and oxygen atoms in total. The van der Waals surface area contributed by atoms with E-state index in [-0.39, 0.29) is 50.9 Å². The van der Waals surface area contributed by atoms with Crippen LogP contribution in [0.15, 0.2) is 12.2 Å². The van der Waals surface area contributed by atoms with Crippen molar-refractivity contribution in [2.75, 3.05) is 0 Å². The predicted molar refractivity (Wildman–Crippen MR) is 72.3 cm³/mol. The van der Waals surface area contributed by atoms with Crippen molar-refractivity contribution >= 4 is 23.1 Å². The average molecular weight is 321 g/mol. The molecule has 3 heteroatoms. The predicted octanol–water partition coefficient (Wildman–Crippen LogP) is 1.03. The molecule has 2 rings (SSSR count). The molecule has 2 saturated carbocycles. The maximum Gasteiger partial charge on any atom is 2.00 e. The van der Waals surface area contributed by atoms with Crippen molar-refractivity contribution in [2.45, 2.75) is 57.8 Å². The number of hydrogen-bond acceptors (Lipinski definition) is 1. The zero-order valence-corrected chi connectivity index (χ0v) is 14.3. The van der Waals surface area contributed by atoms with Crippen LogP contribution < -0.4 is 17.0 Å². The van der Waals surface area contributed by atoms with Gasteiger partial charge in [-0.15, -0.1) is 17.6 Å². The molecular weight excluding hydrogens is 298 g/mol. The fourth-order valence-corrected chi connectivity index (χ4v) is 3.33. The zero-order chi connectivity index (χ0) is 11.6. The van der Waals surface area contributed by atoms with Crippen molar-refractivity contribution in [3.05, 3.63) is 19.1 Å². The first-order valence-electron chi connectivity index (χ1n) is 6.55. The largest absolute Gasteiger partial charge is 2.00 e. The molecule has 2 aliphatic rings. The molecule has 2 aliphatic carbocycles. The molecule has 0 N–H and O–H groups in total. The van der Waals surface area contributed by atoms with Gasteiger partial charge in [0.25, 0.3) is 0 Å². The van der Waals surface area contributed by atoms with Crippen LogP contribution >= 0.6 is 0 Å². The minimum atomic E-state index is -0.0203. The van der Waals surface area contributed by atoms with Crippen LogP contribution in [0.5, 0.6) is 0 Å². The maximum atomic E-state index is 9.35. The van der Waals surface area contributed by atoms with E-state index in [0.29, 0.717) is 0 Å².